The fourth-order valence-electron chi connectivity index (χ4n) is 7.72. The van der Waals surface area contributed by atoms with E-state index >= 15 is 0 Å². The van der Waals surface area contributed by atoms with Gasteiger partial charge in [-0.2, -0.15) is 0 Å². The lowest BCUT2D eigenvalue weighted by molar-refractivity contribution is -0.00275. The van der Waals surface area contributed by atoms with E-state index < -0.39 is 0 Å². The molecule has 0 atom stereocenters. The minimum absolute atomic E-state index is 0. The molecule has 1 aromatic carbocycles. The lowest BCUT2D eigenvalue weighted by atomic mass is 9.51. The number of rotatable bonds is 5. The van der Waals surface area contributed by atoms with Crippen LogP contribution in [0.2, 0.25) is 5.02 Å². The number of nitrogens with zero attached hydrogens (tertiary/aromatic N) is 1. The standard InChI is InChI=1S/C28H38ClN.ClH/c1-2-30(25-9-4-3-5-10-25)13-7-6-8-20-11-12-26(27(29)19-20)28-23-15-21-14-22(17-23)18-24(28)16-21;/h11-12,19,21-25,28H,2-5,7,9-10,13-18H2,1H3;1H. The van der Waals surface area contributed by atoms with Gasteiger partial charge in [0.1, 0.15) is 0 Å². The van der Waals surface area contributed by atoms with Gasteiger partial charge in [-0.15, -0.1) is 12.4 Å². The van der Waals surface area contributed by atoms with Gasteiger partial charge in [0, 0.05) is 29.6 Å². The van der Waals surface area contributed by atoms with Gasteiger partial charge in [-0.1, -0.05) is 55.7 Å². The van der Waals surface area contributed by atoms with Gasteiger partial charge >= 0.3 is 0 Å². The van der Waals surface area contributed by atoms with Crippen LogP contribution < -0.4 is 0 Å². The SMILES string of the molecule is CCN(CCC#Cc1ccc(C2C3CC4CC(C3)CC2C4)c(Cl)c1)C1CCCCC1.Cl. The third-order valence-electron chi connectivity index (χ3n) is 8.84. The summed E-state index contributed by atoms with van der Waals surface area (Å²) in [4.78, 5) is 2.65. The van der Waals surface area contributed by atoms with Crippen LogP contribution in [0, 0.1) is 35.5 Å². The Labute approximate surface area is 201 Å². The molecule has 0 spiro atoms. The molecule has 0 aromatic heterocycles. The molecule has 5 saturated carbocycles. The van der Waals surface area contributed by atoms with E-state index in [1.807, 2.05) is 0 Å². The van der Waals surface area contributed by atoms with Crippen molar-refractivity contribution < 1.29 is 0 Å². The van der Waals surface area contributed by atoms with E-state index in [0.29, 0.717) is 5.92 Å². The van der Waals surface area contributed by atoms with Gasteiger partial charge in [0.2, 0.25) is 0 Å². The maximum Gasteiger partial charge on any atom is 0.0453 e. The van der Waals surface area contributed by atoms with Crippen molar-refractivity contribution in [1.29, 1.82) is 0 Å². The smallest absolute Gasteiger partial charge is 0.0453 e. The summed E-state index contributed by atoms with van der Waals surface area (Å²) in [5, 5.41) is 0.969. The monoisotopic (exact) mass is 459 g/mol. The molecular formula is C28H39Cl2N. The van der Waals surface area contributed by atoms with Crippen molar-refractivity contribution in [3.8, 4) is 11.8 Å². The first kappa shape index (κ1) is 23.5. The van der Waals surface area contributed by atoms with Crippen molar-refractivity contribution in [2.75, 3.05) is 13.1 Å². The molecule has 31 heavy (non-hydrogen) atoms. The summed E-state index contributed by atoms with van der Waals surface area (Å²) >= 11 is 6.83. The van der Waals surface area contributed by atoms with E-state index in [9.17, 15) is 0 Å². The Morgan fingerprint density at radius 3 is 2.26 bits per heavy atom. The van der Waals surface area contributed by atoms with Crippen molar-refractivity contribution in [2.45, 2.75) is 89.5 Å². The quantitative estimate of drug-likeness (QED) is 0.407. The third-order valence-corrected chi connectivity index (χ3v) is 9.17. The average molecular weight is 461 g/mol. The summed E-state index contributed by atoms with van der Waals surface area (Å²) in [6.07, 6.45) is 15.3. The fraction of sp³-hybridized carbons (Fsp3) is 0.714. The van der Waals surface area contributed by atoms with Crippen LogP contribution in [-0.4, -0.2) is 24.0 Å². The molecule has 170 valence electrons. The predicted molar refractivity (Wildman–Crippen MR) is 134 cm³/mol. The normalized spacial score (nSPS) is 31.9. The van der Waals surface area contributed by atoms with Gasteiger partial charge < -0.3 is 0 Å². The molecule has 5 aliphatic carbocycles. The lowest BCUT2D eigenvalue weighted by Crippen LogP contribution is -2.43. The van der Waals surface area contributed by atoms with Crippen molar-refractivity contribution in [3.63, 3.8) is 0 Å². The van der Waals surface area contributed by atoms with Gasteiger partial charge in [-0.05, 0) is 98.8 Å². The number of halogens is 2. The van der Waals surface area contributed by atoms with Crippen LogP contribution in [0.5, 0.6) is 0 Å². The highest BCUT2D eigenvalue weighted by molar-refractivity contribution is 6.31. The second-order valence-electron chi connectivity index (χ2n) is 10.7. The largest absolute Gasteiger partial charge is 0.300 e. The van der Waals surface area contributed by atoms with Gasteiger partial charge in [0.15, 0.2) is 0 Å². The predicted octanol–water partition coefficient (Wildman–Crippen LogP) is 7.70. The van der Waals surface area contributed by atoms with Crippen LogP contribution in [0.25, 0.3) is 0 Å². The molecular weight excluding hydrogens is 421 g/mol. The fourth-order valence-corrected chi connectivity index (χ4v) is 8.02. The Morgan fingerprint density at radius 2 is 1.65 bits per heavy atom. The van der Waals surface area contributed by atoms with E-state index in [4.69, 9.17) is 11.6 Å². The summed E-state index contributed by atoms with van der Waals surface area (Å²) in [5.41, 5.74) is 2.51. The molecule has 5 fully saturated rings. The molecule has 0 unspecified atom stereocenters. The van der Waals surface area contributed by atoms with Crippen LogP contribution >= 0.6 is 24.0 Å². The maximum absolute atomic E-state index is 6.83. The first-order valence-electron chi connectivity index (χ1n) is 12.7. The molecule has 5 aliphatic rings. The van der Waals surface area contributed by atoms with E-state index in [0.717, 1.165) is 59.8 Å². The Bertz CT molecular complexity index is 773. The molecule has 0 amide bonds. The Hall–Kier alpha value is -0.680. The Kier molecular flexibility index (Phi) is 7.95. The zero-order valence-corrected chi connectivity index (χ0v) is 20.7. The van der Waals surface area contributed by atoms with Gasteiger partial charge in [-0.25, -0.2) is 0 Å². The zero-order chi connectivity index (χ0) is 20.5. The number of hydrogen-bond acceptors (Lipinski definition) is 1. The van der Waals surface area contributed by atoms with Gasteiger partial charge in [0.25, 0.3) is 0 Å². The van der Waals surface area contributed by atoms with Gasteiger partial charge in [0.05, 0.1) is 0 Å². The van der Waals surface area contributed by atoms with E-state index in [1.165, 1.54) is 69.8 Å². The van der Waals surface area contributed by atoms with Crippen molar-refractivity contribution in [1.82, 2.24) is 4.90 Å². The van der Waals surface area contributed by atoms with Crippen LogP contribution in [0.15, 0.2) is 18.2 Å². The highest BCUT2D eigenvalue weighted by Crippen LogP contribution is 2.60. The molecule has 0 saturated heterocycles. The third kappa shape index (κ3) is 5.13. The summed E-state index contributed by atoms with van der Waals surface area (Å²) in [6, 6.07) is 7.49. The second kappa shape index (κ2) is 10.5. The maximum atomic E-state index is 6.83. The molecule has 1 nitrogen and oxygen atoms in total. The van der Waals surface area contributed by atoms with Crippen LogP contribution in [0.4, 0.5) is 0 Å². The molecule has 0 aliphatic heterocycles. The van der Waals surface area contributed by atoms with Crippen LogP contribution in [-0.2, 0) is 0 Å². The Morgan fingerprint density at radius 1 is 0.968 bits per heavy atom. The molecule has 0 N–H and O–H groups in total. The summed E-state index contributed by atoms with van der Waals surface area (Å²) < 4.78 is 0. The topological polar surface area (TPSA) is 3.24 Å². The molecule has 0 heterocycles. The summed E-state index contributed by atoms with van der Waals surface area (Å²) in [6.45, 7) is 4.55. The first-order chi connectivity index (χ1) is 14.7. The molecule has 3 heteroatoms. The van der Waals surface area contributed by atoms with E-state index in [-0.39, 0.29) is 12.4 Å². The zero-order valence-electron chi connectivity index (χ0n) is 19.1. The summed E-state index contributed by atoms with van der Waals surface area (Å²) in [7, 11) is 0. The molecule has 1 aromatic rings. The van der Waals surface area contributed by atoms with Gasteiger partial charge in [-0.3, -0.25) is 4.90 Å². The first-order valence-corrected chi connectivity index (χ1v) is 13.1. The van der Waals surface area contributed by atoms with E-state index in [1.54, 1.807) is 0 Å². The van der Waals surface area contributed by atoms with Crippen molar-refractivity contribution in [2.24, 2.45) is 23.7 Å². The molecule has 6 rings (SSSR count). The highest BCUT2D eigenvalue weighted by Gasteiger charge is 2.48. The van der Waals surface area contributed by atoms with Crippen LogP contribution in [0.1, 0.15) is 94.6 Å². The minimum Gasteiger partial charge on any atom is -0.300 e. The highest BCUT2D eigenvalue weighted by atomic mass is 35.5. The van der Waals surface area contributed by atoms with E-state index in [2.05, 4.69) is 41.9 Å². The average Bonchev–Trinajstić information content (AvgIpc) is 2.75. The Balaban J connectivity index is 0.00000231. The number of hydrogen-bond donors (Lipinski definition) is 0. The lowest BCUT2D eigenvalue weighted by Gasteiger charge is -2.54. The number of benzene rings is 1. The summed E-state index contributed by atoms with van der Waals surface area (Å²) in [5.74, 6) is 11.3. The van der Waals surface area contributed by atoms with Crippen molar-refractivity contribution >= 4 is 24.0 Å². The molecule has 0 radical (unpaired) electrons. The second-order valence-corrected chi connectivity index (χ2v) is 11.1. The minimum atomic E-state index is 0. The molecule has 4 bridgehead atoms. The van der Waals surface area contributed by atoms with Crippen LogP contribution in [0.3, 0.4) is 0 Å². The van der Waals surface area contributed by atoms with Crippen molar-refractivity contribution in [3.05, 3.63) is 34.3 Å².